The lowest BCUT2D eigenvalue weighted by molar-refractivity contribution is -0.130. The molecule has 17 heavy (non-hydrogen) atoms. The van der Waals surface area contributed by atoms with E-state index in [1.54, 1.807) is 4.90 Å². The van der Waals surface area contributed by atoms with E-state index in [1.807, 2.05) is 24.3 Å². The third kappa shape index (κ3) is 2.65. The highest BCUT2D eigenvalue weighted by Gasteiger charge is 2.26. The number of aliphatic hydroxyl groups is 1. The van der Waals surface area contributed by atoms with Gasteiger partial charge in [-0.05, 0) is 24.1 Å². The molecule has 1 heterocycles. The van der Waals surface area contributed by atoms with E-state index in [0.717, 1.165) is 12.1 Å². The van der Waals surface area contributed by atoms with Crippen LogP contribution in [0.5, 0.6) is 0 Å². The van der Waals surface area contributed by atoms with Gasteiger partial charge in [0, 0.05) is 5.69 Å². The summed E-state index contributed by atoms with van der Waals surface area (Å²) in [5.74, 6) is -0.0565. The van der Waals surface area contributed by atoms with Crippen LogP contribution in [0.4, 0.5) is 5.69 Å². The first-order chi connectivity index (χ1) is 8.24. The van der Waals surface area contributed by atoms with E-state index in [2.05, 4.69) is 6.92 Å². The van der Waals surface area contributed by atoms with Crippen molar-refractivity contribution in [3.05, 3.63) is 29.8 Å². The number of aryl methyl sites for hydroxylation is 1. The highest BCUT2D eigenvalue weighted by Crippen LogP contribution is 2.19. The normalized spacial score (nSPS) is 20.7. The zero-order valence-corrected chi connectivity index (χ0v) is 9.93. The number of morpholine rings is 1. The van der Waals surface area contributed by atoms with Gasteiger partial charge in [-0.1, -0.05) is 19.1 Å². The monoisotopic (exact) mass is 235 g/mol. The van der Waals surface area contributed by atoms with Crippen LogP contribution in [0.3, 0.4) is 0 Å². The van der Waals surface area contributed by atoms with Gasteiger partial charge in [0.1, 0.15) is 6.61 Å². The Bertz CT molecular complexity index is 388. The van der Waals surface area contributed by atoms with Crippen LogP contribution < -0.4 is 4.90 Å². The number of amides is 1. The van der Waals surface area contributed by atoms with Crippen molar-refractivity contribution >= 4 is 11.6 Å². The Balaban J connectivity index is 2.15. The quantitative estimate of drug-likeness (QED) is 0.849. The van der Waals surface area contributed by atoms with Gasteiger partial charge in [0.05, 0.1) is 19.3 Å². The summed E-state index contributed by atoms with van der Waals surface area (Å²) in [5.41, 5.74) is 2.11. The molecule has 1 amide bonds. The van der Waals surface area contributed by atoms with Crippen LogP contribution in [0.15, 0.2) is 24.3 Å². The predicted octanol–water partition coefficient (Wildman–Crippen LogP) is 0.973. The number of carbonyl (C=O) groups excluding carboxylic acids is 1. The minimum atomic E-state index is -0.279. The molecule has 4 nitrogen and oxygen atoms in total. The number of benzene rings is 1. The zero-order valence-electron chi connectivity index (χ0n) is 9.93. The number of hydrogen-bond donors (Lipinski definition) is 1. The lowest BCUT2D eigenvalue weighted by Gasteiger charge is -2.31. The lowest BCUT2D eigenvalue weighted by Crippen LogP contribution is -2.48. The number of hydrogen-bond acceptors (Lipinski definition) is 3. The molecule has 1 aromatic rings. The first-order valence-corrected chi connectivity index (χ1v) is 5.86. The van der Waals surface area contributed by atoms with Crippen molar-refractivity contribution in [1.82, 2.24) is 0 Å². The van der Waals surface area contributed by atoms with Crippen LogP contribution >= 0.6 is 0 Å². The number of nitrogens with zero attached hydrogens (tertiary/aromatic N) is 1. The Kier molecular flexibility index (Phi) is 3.76. The highest BCUT2D eigenvalue weighted by atomic mass is 16.5. The maximum Gasteiger partial charge on any atom is 0.253 e. The number of ether oxygens (including phenoxy) is 1. The van der Waals surface area contributed by atoms with Crippen LogP contribution in [0.2, 0.25) is 0 Å². The van der Waals surface area contributed by atoms with Crippen LogP contribution in [-0.2, 0) is 16.0 Å². The van der Waals surface area contributed by atoms with Crippen LogP contribution in [-0.4, -0.2) is 36.9 Å². The standard InChI is InChI=1S/C13H17NO3/c1-2-10-3-5-11(6-4-10)14-7-12(8-15)17-9-13(14)16/h3-6,12,15H,2,7-9H2,1H3. The van der Waals surface area contributed by atoms with E-state index < -0.39 is 0 Å². The largest absolute Gasteiger partial charge is 0.394 e. The molecule has 1 aliphatic rings. The fourth-order valence-corrected chi connectivity index (χ4v) is 1.90. The first-order valence-electron chi connectivity index (χ1n) is 5.86. The third-order valence-electron chi connectivity index (χ3n) is 2.99. The van der Waals surface area contributed by atoms with Gasteiger partial charge in [0.2, 0.25) is 0 Å². The minimum absolute atomic E-state index is 0.0424. The molecular formula is C13H17NO3. The molecule has 0 radical (unpaired) electrons. The summed E-state index contributed by atoms with van der Waals surface area (Å²) in [6.07, 6.45) is 0.704. The molecule has 1 fully saturated rings. The number of rotatable bonds is 3. The highest BCUT2D eigenvalue weighted by molar-refractivity contribution is 5.94. The van der Waals surface area contributed by atoms with Crippen molar-refractivity contribution in [2.45, 2.75) is 19.4 Å². The van der Waals surface area contributed by atoms with Gasteiger partial charge in [0.15, 0.2) is 0 Å². The van der Waals surface area contributed by atoms with E-state index in [-0.39, 0.29) is 25.2 Å². The molecule has 0 spiro atoms. The second kappa shape index (κ2) is 5.29. The van der Waals surface area contributed by atoms with Gasteiger partial charge in [-0.15, -0.1) is 0 Å². The van der Waals surface area contributed by atoms with Gasteiger partial charge >= 0.3 is 0 Å². The molecule has 1 aromatic carbocycles. The second-order valence-electron chi connectivity index (χ2n) is 4.14. The maximum atomic E-state index is 11.7. The zero-order chi connectivity index (χ0) is 12.3. The van der Waals surface area contributed by atoms with Gasteiger partial charge < -0.3 is 14.7 Å². The molecule has 0 bridgehead atoms. The van der Waals surface area contributed by atoms with Gasteiger partial charge in [-0.3, -0.25) is 4.79 Å². The van der Waals surface area contributed by atoms with Crippen molar-refractivity contribution in [3.63, 3.8) is 0 Å². The Morgan fingerprint density at radius 2 is 2.12 bits per heavy atom. The first kappa shape index (κ1) is 12.1. The predicted molar refractivity (Wildman–Crippen MR) is 65.0 cm³/mol. The van der Waals surface area contributed by atoms with E-state index in [0.29, 0.717) is 6.54 Å². The second-order valence-corrected chi connectivity index (χ2v) is 4.14. The van der Waals surface area contributed by atoms with Crippen LogP contribution in [0.1, 0.15) is 12.5 Å². The topological polar surface area (TPSA) is 49.8 Å². The molecule has 1 unspecified atom stereocenters. The molecule has 1 N–H and O–H groups in total. The third-order valence-corrected chi connectivity index (χ3v) is 2.99. The molecule has 0 aromatic heterocycles. The number of aliphatic hydroxyl groups excluding tert-OH is 1. The molecule has 1 saturated heterocycles. The summed E-state index contributed by atoms with van der Waals surface area (Å²) in [6, 6.07) is 7.92. The average molecular weight is 235 g/mol. The van der Waals surface area contributed by atoms with Crippen molar-refractivity contribution in [2.24, 2.45) is 0 Å². The van der Waals surface area contributed by atoms with E-state index in [4.69, 9.17) is 9.84 Å². The fourth-order valence-electron chi connectivity index (χ4n) is 1.90. The summed E-state index contributed by atoms with van der Waals surface area (Å²) >= 11 is 0. The summed E-state index contributed by atoms with van der Waals surface area (Å²) in [4.78, 5) is 13.4. The fraction of sp³-hybridized carbons (Fsp3) is 0.462. The maximum absolute atomic E-state index is 11.7. The molecule has 1 atom stereocenters. The summed E-state index contributed by atoms with van der Waals surface area (Å²) in [7, 11) is 0. The minimum Gasteiger partial charge on any atom is -0.394 e. The Hall–Kier alpha value is -1.39. The van der Waals surface area contributed by atoms with Crippen molar-refractivity contribution < 1.29 is 14.6 Å². The molecule has 92 valence electrons. The van der Waals surface area contributed by atoms with Gasteiger partial charge in [-0.25, -0.2) is 0 Å². The van der Waals surface area contributed by atoms with Gasteiger partial charge in [-0.2, -0.15) is 0 Å². The molecule has 1 aliphatic heterocycles. The average Bonchev–Trinajstić information content (AvgIpc) is 2.39. The summed E-state index contributed by atoms with van der Waals surface area (Å²) in [6.45, 7) is 2.50. The van der Waals surface area contributed by atoms with Gasteiger partial charge in [0.25, 0.3) is 5.91 Å². The van der Waals surface area contributed by atoms with E-state index >= 15 is 0 Å². The Morgan fingerprint density at radius 1 is 1.41 bits per heavy atom. The molecule has 0 aliphatic carbocycles. The van der Waals surface area contributed by atoms with Crippen molar-refractivity contribution in [1.29, 1.82) is 0 Å². The lowest BCUT2D eigenvalue weighted by atomic mass is 10.1. The summed E-state index contributed by atoms with van der Waals surface area (Å²) < 4.78 is 5.19. The molecular weight excluding hydrogens is 218 g/mol. The Morgan fingerprint density at radius 3 is 2.71 bits per heavy atom. The Labute approximate surface area is 101 Å². The molecule has 0 saturated carbocycles. The van der Waals surface area contributed by atoms with Crippen molar-refractivity contribution in [2.75, 3.05) is 24.7 Å². The van der Waals surface area contributed by atoms with E-state index in [1.165, 1.54) is 5.56 Å². The van der Waals surface area contributed by atoms with E-state index in [9.17, 15) is 4.79 Å². The van der Waals surface area contributed by atoms with Crippen LogP contribution in [0, 0.1) is 0 Å². The molecule has 2 rings (SSSR count). The SMILES string of the molecule is CCc1ccc(N2CC(CO)OCC2=O)cc1. The van der Waals surface area contributed by atoms with Crippen molar-refractivity contribution in [3.8, 4) is 0 Å². The summed E-state index contributed by atoms with van der Waals surface area (Å²) in [5, 5.41) is 9.06. The number of anilines is 1. The number of carbonyl (C=O) groups is 1. The molecule has 4 heteroatoms. The smallest absolute Gasteiger partial charge is 0.253 e. The van der Waals surface area contributed by atoms with Crippen LogP contribution in [0.25, 0.3) is 0 Å².